The highest BCUT2D eigenvalue weighted by molar-refractivity contribution is 8.18. The van der Waals surface area contributed by atoms with Crippen LogP contribution in [0.1, 0.15) is 30.5 Å². The predicted octanol–water partition coefficient (Wildman–Crippen LogP) is 5.59. The third-order valence-electron chi connectivity index (χ3n) is 4.67. The number of halogens is 1. The van der Waals surface area contributed by atoms with Crippen molar-refractivity contribution in [3.05, 3.63) is 76.5 Å². The van der Waals surface area contributed by atoms with Crippen LogP contribution in [0.15, 0.2) is 54.0 Å². The summed E-state index contributed by atoms with van der Waals surface area (Å²) in [7, 11) is 1.54. The number of nitrogens with zero attached hydrogens (tertiary/aromatic N) is 1. The highest BCUT2D eigenvalue weighted by Crippen LogP contribution is 2.38. The summed E-state index contributed by atoms with van der Waals surface area (Å²) in [5, 5.41) is -0.274. The number of methoxy groups -OCH3 is 1. The molecule has 2 aromatic rings. The summed E-state index contributed by atoms with van der Waals surface area (Å²) < 4.78 is 24.7. The molecule has 0 bridgehead atoms. The molecule has 0 saturated carbocycles. The van der Waals surface area contributed by atoms with Crippen molar-refractivity contribution >= 4 is 29.0 Å². The third-order valence-corrected chi connectivity index (χ3v) is 5.56. The number of benzene rings is 2. The first-order valence-electron chi connectivity index (χ1n) is 9.80. The maximum absolute atomic E-state index is 13.1. The molecule has 7 heteroatoms. The zero-order chi connectivity index (χ0) is 22.5. The van der Waals surface area contributed by atoms with Gasteiger partial charge in [0.2, 0.25) is 0 Å². The Morgan fingerprint density at radius 3 is 2.48 bits per heavy atom. The molecule has 1 aliphatic heterocycles. The summed E-state index contributed by atoms with van der Waals surface area (Å²) in [5.74, 6) is 0.445. The van der Waals surface area contributed by atoms with Gasteiger partial charge in [-0.05, 0) is 73.5 Å². The minimum Gasteiger partial charge on any atom is -0.493 e. The molecular weight excluding hydrogens is 417 g/mol. The lowest BCUT2D eigenvalue weighted by Crippen LogP contribution is -2.34. The van der Waals surface area contributed by atoms with E-state index in [2.05, 4.69) is 6.58 Å². The van der Waals surface area contributed by atoms with Gasteiger partial charge in [-0.15, -0.1) is 6.58 Å². The Morgan fingerprint density at radius 2 is 1.90 bits per heavy atom. The molecule has 3 rings (SSSR count). The number of allylic oxidation sites excluding steroid dienone is 1. The number of amides is 2. The van der Waals surface area contributed by atoms with E-state index >= 15 is 0 Å². The molecule has 0 aromatic heterocycles. The van der Waals surface area contributed by atoms with Gasteiger partial charge in [-0.3, -0.25) is 14.5 Å². The Kier molecular flexibility index (Phi) is 7.17. The first-order valence-corrected chi connectivity index (χ1v) is 10.6. The van der Waals surface area contributed by atoms with E-state index in [0.717, 1.165) is 28.5 Å². The molecule has 0 N–H and O–H groups in total. The number of ether oxygens (including phenoxy) is 2. The van der Waals surface area contributed by atoms with Crippen LogP contribution in [0.4, 0.5) is 9.18 Å². The van der Waals surface area contributed by atoms with E-state index in [4.69, 9.17) is 9.47 Å². The topological polar surface area (TPSA) is 55.8 Å². The number of imide groups is 1. The zero-order valence-corrected chi connectivity index (χ0v) is 18.5. The molecule has 0 unspecified atom stereocenters. The minimum absolute atomic E-state index is 0.202. The lowest BCUT2D eigenvalue weighted by atomic mass is 10.0. The second kappa shape index (κ2) is 9.83. The fourth-order valence-corrected chi connectivity index (χ4v) is 4.16. The van der Waals surface area contributed by atoms with Crippen LogP contribution in [-0.4, -0.2) is 29.2 Å². The molecule has 1 heterocycles. The van der Waals surface area contributed by atoms with Gasteiger partial charge in [0.05, 0.1) is 12.0 Å². The van der Waals surface area contributed by atoms with Crippen LogP contribution < -0.4 is 9.47 Å². The van der Waals surface area contributed by atoms with Crippen molar-refractivity contribution in [3.63, 3.8) is 0 Å². The Morgan fingerprint density at radius 1 is 1.19 bits per heavy atom. The van der Waals surface area contributed by atoms with Gasteiger partial charge in [-0.2, -0.15) is 0 Å². The van der Waals surface area contributed by atoms with E-state index in [1.165, 1.54) is 24.1 Å². The summed E-state index contributed by atoms with van der Waals surface area (Å²) in [6.45, 7) is 7.65. The van der Waals surface area contributed by atoms with Gasteiger partial charge in [0.15, 0.2) is 11.5 Å². The molecule has 2 amide bonds. The van der Waals surface area contributed by atoms with Crippen LogP contribution in [0.25, 0.3) is 6.08 Å². The number of hydrogen-bond acceptors (Lipinski definition) is 5. The van der Waals surface area contributed by atoms with Gasteiger partial charge in [-0.1, -0.05) is 18.2 Å². The molecule has 0 atom stereocenters. The van der Waals surface area contributed by atoms with Crippen LogP contribution in [0.5, 0.6) is 11.5 Å². The highest BCUT2D eigenvalue weighted by atomic mass is 32.2. The third kappa shape index (κ3) is 5.17. The van der Waals surface area contributed by atoms with Crippen LogP contribution in [0.2, 0.25) is 0 Å². The van der Waals surface area contributed by atoms with Crippen molar-refractivity contribution in [1.29, 1.82) is 0 Å². The quantitative estimate of drug-likeness (QED) is 0.395. The summed E-state index contributed by atoms with van der Waals surface area (Å²) in [6, 6.07) is 9.53. The van der Waals surface area contributed by atoms with Crippen LogP contribution >= 0.6 is 11.8 Å². The predicted molar refractivity (Wildman–Crippen MR) is 121 cm³/mol. The van der Waals surface area contributed by atoms with Crippen molar-refractivity contribution in [2.75, 3.05) is 7.11 Å². The van der Waals surface area contributed by atoms with Crippen molar-refractivity contribution < 1.29 is 23.5 Å². The molecule has 0 radical (unpaired) electrons. The molecule has 2 aromatic carbocycles. The maximum Gasteiger partial charge on any atom is 0.293 e. The molecule has 1 aliphatic rings. The second-order valence-corrected chi connectivity index (χ2v) is 8.26. The Balaban J connectivity index is 1.92. The lowest BCUT2D eigenvalue weighted by Gasteiger charge is -2.17. The van der Waals surface area contributed by atoms with Crippen molar-refractivity contribution in [1.82, 2.24) is 4.90 Å². The molecular formula is C24H24FNO4S. The summed E-state index contributed by atoms with van der Waals surface area (Å²) in [5.41, 5.74) is 2.36. The van der Waals surface area contributed by atoms with Gasteiger partial charge in [0.25, 0.3) is 11.1 Å². The average molecular weight is 442 g/mol. The molecule has 31 heavy (non-hydrogen) atoms. The van der Waals surface area contributed by atoms with Crippen LogP contribution in [-0.2, 0) is 17.8 Å². The van der Waals surface area contributed by atoms with E-state index in [1.807, 2.05) is 6.07 Å². The molecule has 1 saturated heterocycles. The fraction of sp³-hybridized carbons (Fsp3) is 0.250. The monoisotopic (exact) mass is 441 g/mol. The van der Waals surface area contributed by atoms with E-state index in [-0.39, 0.29) is 29.6 Å². The lowest BCUT2D eigenvalue weighted by molar-refractivity contribution is -0.123. The van der Waals surface area contributed by atoms with Crippen molar-refractivity contribution in [2.45, 2.75) is 32.9 Å². The van der Waals surface area contributed by atoms with Gasteiger partial charge in [-0.25, -0.2) is 4.39 Å². The van der Waals surface area contributed by atoms with E-state index < -0.39 is 0 Å². The number of thioether (sulfide) groups is 1. The van der Waals surface area contributed by atoms with Crippen LogP contribution in [0.3, 0.4) is 0 Å². The largest absolute Gasteiger partial charge is 0.493 e. The first kappa shape index (κ1) is 22.6. The van der Waals surface area contributed by atoms with Crippen molar-refractivity contribution in [3.8, 4) is 11.5 Å². The standard InChI is InChI=1S/C24H24FNO4S/c1-5-6-18-11-17(13-21-23(27)26(15(2)3)24(28)31-21)12-20(29-4)22(18)30-14-16-7-9-19(25)10-8-16/h5,7-13,15H,1,6,14H2,2-4H3/b21-13+. The summed E-state index contributed by atoms with van der Waals surface area (Å²) in [4.78, 5) is 26.4. The van der Waals surface area contributed by atoms with E-state index in [0.29, 0.717) is 22.8 Å². The maximum atomic E-state index is 13.1. The molecule has 5 nitrogen and oxygen atoms in total. The smallest absolute Gasteiger partial charge is 0.293 e. The Bertz CT molecular complexity index is 1030. The van der Waals surface area contributed by atoms with Gasteiger partial charge in [0.1, 0.15) is 12.4 Å². The number of rotatable bonds is 8. The second-order valence-electron chi connectivity index (χ2n) is 7.26. The Hall–Kier alpha value is -3.06. The normalized spacial score (nSPS) is 15.1. The molecule has 162 valence electrons. The Labute approximate surface area is 185 Å². The van der Waals surface area contributed by atoms with E-state index in [1.54, 1.807) is 44.2 Å². The molecule has 0 aliphatic carbocycles. The minimum atomic E-state index is -0.306. The molecule has 0 spiro atoms. The summed E-state index contributed by atoms with van der Waals surface area (Å²) in [6.07, 6.45) is 3.95. The van der Waals surface area contributed by atoms with Gasteiger partial charge < -0.3 is 9.47 Å². The number of hydrogen-bond donors (Lipinski definition) is 0. The first-order chi connectivity index (χ1) is 14.8. The average Bonchev–Trinajstić information content (AvgIpc) is 3.01. The zero-order valence-electron chi connectivity index (χ0n) is 17.7. The number of carbonyl (C=O) groups excluding carboxylic acids is 2. The van der Waals surface area contributed by atoms with Crippen molar-refractivity contribution in [2.24, 2.45) is 0 Å². The van der Waals surface area contributed by atoms with Crippen LogP contribution in [0, 0.1) is 5.82 Å². The summed E-state index contributed by atoms with van der Waals surface area (Å²) >= 11 is 0.926. The highest BCUT2D eigenvalue weighted by Gasteiger charge is 2.36. The fourth-order valence-electron chi connectivity index (χ4n) is 3.20. The SMILES string of the molecule is C=CCc1cc(/C=C2/SC(=O)N(C(C)C)C2=O)cc(OC)c1OCc1ccc(F)cc1. The van der Waals surface area contributed by atoms with E-state index in [9.17, 15) is 14.0 Å². The number of carbonyl (C=O) groups is 2. The molecule has 1 fully saturated rings. The van der Waals surface area contributed by atoms with Gasteiger partial charge >= 0.3 is 0 Å². The van der Waals surface area contributed by atoms with Gasteiger partial charge in [0, 0.05) is 11.6 Å².